The summed E-state index contributed by atoms with van der Waals surface area (Å²) < 4.78 is 11.3. The molecule has 5 nitrogen and oxygen atoms in total. The molecule has 1 aliphatic rings. The quantitative estimate of drug-likeness (QED) is 0.883. The molecule has 2 heterocycles. The van der Waals surface area contributed by atoms with Gasteiger partial charge in [-0.05, 0) is 38.0 Å². The van der Waals surface area contributed by atoms with E-state index in [-0.39, 0.29) is 18.1 Å². The molecule has 6 heteroatoms. The number of amides is 1. The highest BCUT2D eigenvalue weighted by Gasteiger charge is 2.24. The number of thiazole rings is 1. The zero-order chi connectivity index (χ0) is 16.1. The van der Waals surface area contributed by atoms with Gasteiger partial charge in [-0.1, -0.05) is 6.07 Å². The SMILES string of the molecule is C[C@@H](NC(=O)c1cccc(OCc2cscn2)c1)[C@@H]1CCCO1. The van der Waals surface area contributed by atoms with Crippen LogP contribution in [0.4, 0.5) is 0 Å². The maximum absolute atomic E-state index is 12.4. The molecule has 2 atom stereocenters. The van der Waals surface area contributed by atoms with Crippen LogP contribution >= 0.6 is 11.3 Å². The van der Waals surface area contributed by atoms with Crippen molar-refractivity contribution < 1.29 is 14.3 Å². The minimum atomic E-state index is -0.105. The van der Waals surface area contributed by atoms with Crippen molar-refractivity contribution in [3.05, 3.63) is 46.4 Å². The molecule has 2 aromatic rings. The van der Waals surface area contributed by atoms with Crippen molar-refractivity contribution in [3.8, 4) is 5.75 Å². The van der Waals surface area contributed by atoms with Gasteiger partial charge in [0, 0.05) is 17.6 Å². The van der Waals surface area contributed by atoms with Gasteiger partial charge in [-0.3, -0.25) is 4.79 Å². The summed E-state index contributed by atoms with van der Waals surface area (Å²) in [7, 11) is 0. The van der Waals surface area contributed by atoms with Gasteiger partial charge in [0.15, 0.2) is 0 Å². The molecule has 0 saturated carbocycles. The number of rotatable bonds is 6. The second kappa shape index (κ2) is 7.57. The Bertz CT molecular complexity index is 639. The zero-order valence-electron chi connectivity index (χ0n) is 13.0. The Hall–Kier alpha value is -1.92. The van der Waals surface area contributed by atoms with Gasteiger partial charge in [-0.25, -0.2) is 4.98 Å². The average molecular weight is 332 g/mol. The van der Waals surface area contributed by atoms with Crippen LogP contribution in [0.5, 0.6) is 5.75 Å². The lowest BCUT2D eigenvalue weighted by Gasteiger charge is -2.20. The number of hydrogen-bond acceptors (Lipinski definition) is 5. The molecule has 23 heavy (non-hydrogen) atoms. The van der Waals surface area contributed by atoms with Crippen LogP contribution in [0.1, 0.15) is 35.8 Å². The molecule has 1 fully saturated rings. The molecule has 1 saturated heterocycles. The predicted octanol–water partition coefficient (Wildman–Crippen LogP) is 3.02. The standard InChI is InChI=1S/C17H20N2O3S/c1-12(16-6-3-7-21-16)19-17(20)13-4-2-5-15(8-13)22-9-14-10-23-11-18-14/h2,4-5,8,10-12,16H,3,6-7,9H2,1H3,(H,19,20)/t12-,16+/m1/s1. The van der Waals surface area contributed by atoms with Crippen LogP contribution in [-0.4, -0.2) is 29.6 Å². The molecule has 0 spiro atoms. The summed E-state index contributed by atoms with van der Waals surface area (Å²) in [6.45, 7) is 3.17. The van der Waals surface area contributed by atoms with Crippen molar-refractivity contribution in [2.24, 2.45) is 0 Å². The average Bonchev–Trinajstić information content (AvgIpc) is 3.26. The summed E-state index contributed by atoms with van der Waals surface area (Å²) in [5, 5.41) is 4.95. The number of nitrogens with one attached hydrogen (secondary N) is 1. The Kier molecular flexibility index (Phi) is 5.25. The molecule has 0 aliphatic carbocycles. The highest BCUT2D eigenvalue weighted by atomic mass is 32.1. The van der Waals surface area contributed by atoms with Crippen LogP contribution in [0, 0.1) is 0 Å². The fourth-order valence-electron chi connectivity index (χ4n) is 2.57. The second-order valence-electron chi connectivity index (χ2n) is 5.61. The summed E-state index contributed by atoms with van der Waals surface area (Å²) in [4.78, 5) is 16.5. The molecular formula is C17H20N2O3S. The topological polar surface area (TPSA) is 60.5 Å². The smallest absolute Gasteiger partial charge is 0.251 e. The minimum absolute atomic E-state index is 0.00424. The summed E-state index contributed by atoms with van der Waals surface area (Å²) in [5.41, 5.74) is 3.25. The van der Waals surface area contributed by atoms with Crippen molar-refractivity contribution in [1.29, 1.82) is 0 Å². The van der Waals surface area contributed by atoms with Crippen molar-refractivity contribution >= 4 is 17.2 Å². The molecule has 3 rings (SSSR count). The number of nitrogens with zero attached hydrogens (tertiary/aromatic N) is 1. The first-order valence-electron chi connectivity index (χ1n) is 7.75. The van der Waals surface area contributed by atoms with E-state index in [0.29, 0.717) is 17.9 Å². The van der Waals surface area contributed by atoms with Crippen LogP contribution in [0.15, 0.2) is 35.2 Å². The van der Waals surface area contributed by atoms with Crippen LogP contribution in [0.25, 0.3) is 0 Å². The monoisotopic (exact) mass is 332 g/mol. The lowest BCUT2D eigenvalue weighted by atomic mass is 10.1. The van der Waals surface area contributed by atoms with Gasteiger partial charge in [0.2, 0.25) is 0 Å². The Balaban J connectivity index is 1.58. The third-order valence-corrected chi connectivity index (χ3v) is 4.48. The van der Waals surface area contributed by atoms with Crippen LogP contribution in [-0.2, 0) is 11.3 Å². The van der Waals surface area contributed by atoms with E-state index in [1.807, 2.05) is 24.4 Å². The van der Waals surface area contributed by atoms with Gasteiger partial charge < -0.3 is 14.8 Å². The number of carbonyl (C=O) groups excluding carboxylic acids is 1. The lowest BCUT2D eigenvalue weighted by molar-refractivity contribution is 0.0712. The van der Waals surface area contributed by atoms with Crippen molar-refractivity contribution in [2.45, 2.75) is 38.5 Å². The summed E-state index contributed by atoms with van der Waals surface area (Å²) in [6, 6.07) is 7.20. The third kappa shape index (κ3) is 4.30. The third-order valence-electron chi connectivity index (χ3n) is 3.85. The van der Waals surface area contributed by atoms with Gasteiger partial charge in [0.1, 0.15) is 12.4 Å². The number of ether oxygens (including phenoxy) is 2. The summed E-state index contributed by atoms with van der Waals surface area (Å²) >= 11 is 1.53. The first kappa shape index (κ1) is 16.0. The summed E-state index contributed by atoms with van der Waals surface area (Å²) in [5.74, 6) is 0.558. The fourth-order valence-corrected chi connectivity index (χ4v) is 3.12. The largest absolute Gasteiger partial charge is 0.487 e. The normalized spacial score (nSPS) is 18.6. The van der Waals surface area contributed by atoms with Crippen molar-refractivity contribution in [3.63, 3.8) is 0 Å². The van der Waals surface area contributed by atoms with Crippen LogP contribution in [0.3, 0.4) is 0 Å². The summed E-state index contributed by atoms with van der Waals surface area (Å²) in [6.07, 6.45) is 2.17. The van der Waals surface area contributed by atoms with Gasteiger partial charge in [0.05, 0.1) is 23.4 Å². The van der Waals surface area contributed by atoms with E-state index < -0.39 is 0 Å². The zero-order valence-corrected chi connectivity index (χ0v) is 13.8. The fraction of sp³-hybridized carbons (Fsp3) is 0.412. The van der Waals surface area contributed by atoms with Crippen LogP contribution < -0.4 is 10.1 Å². The highest BCUT2D eigenvalue weighted by molar-refractivity contribution is 7.07. The first-order valence-corrected chi connectivity index (χ1v) is 8.69. The minimum Gasteiger partial charge on any atom is -0.487 e. The molecule has 1 aliphatic heterocycles. The molecule has 1 N–H and O–H groups in total. The molecule has 0 radical (unpaired) electrons. The second-order valence-corrected chi connectivity index (χ2v) is 6.33. The lowest BCUT2D eigenvalue weighted by Crippen LogP contribution is -2.40. The predicted molar refractivity (Wildman–Crippen MR) is 88.8 cm³/mol. The molecule has 1 aromatic carbocycles. The Labute approximate surface area is 139 Å². The number of aromatic nitrogens is 1. The highest BCUT2D eigenvalue weighted by Crippen LogP contribution is 2.18. The maximum Gasteiger partial charge on any atom is 0.251 e. The Morgan fingerprint density at radius 1 is 1.57 bits per heavy atom. The van der Waals surface area contributed by atoms with Crippen molar-refractivity contribution in [2.75, 3.05) is 6.61 Å². The van der Waals surface area contributed by atoms with E-state index in [1.165, 1.54) is 11.3 Å². The van der Waals surface area contributed by atoms with Gasteiger partial charge in [0.25, 0.3) is 5.91 Å². The molecule has 122 valence electrons. The maximum atomic E-state index is 12.4. The molecule has 0 unspecified atom stereocenters. The molecule has 1 amide bonds. The van der Waals surface area contributed by atoms with Gasteiger partial charge in [-0.2, -0.15) is 0 Å². The number of carbonyl (C=O) groups is 1. The molecular weight excluding hydrogens is 312 g/mol. The van der Waals surface area contributed by atoms with E-state index in [0.717, 1.165) is 25.1 Å². The number of hydrogen-bond donors (Lipinski definition) is 1. The van der Waals surface area contributed by atoms with E-state index in [4.69, 9.17) is 9.47 Å². The Morgan fingerprint density at radius 2 is 2.48 bits per heavy atom. The van der Waals surface area contributed by atoms with E-state index in [9.17, 15) is 4.79 Å². The first-order chi connectivity index (χ1) is 11.2. The Morgan fingerprint density at radius 3 is 3.22 bits per heavy atom. The van der Waals surface area contributed by atoms with Crippen molar-refractivity contribution in [1.82, 2.24) is 10.3 Å². The van der Waals surface area contributed by atoms with E-state index in [2.05, 4.69) is 10.3 Å². The van der Waals surface area contributed by atoms with Crippen LogP contribution in [0.2, 0.25) is 0 Å². The molecule has 0 bridgehead atoms. The number of benzene rings is 1. The van der Waals surface area contributed by atoms with Gasteiger partial charge >= 0.3 is 0 Å². The van der Waals surface area contributed by atoms with Gasteiger partial charge in [-0.15, -0.1) is 11.3 Å². The van der Waals surface area contributed by atoms with E-state index >= 15 is 0 Å². The molecule has 1 aromatic heterocycles. The van der Waals surface area contributed by atoms with E-state index in [1.54, 1.807) is 17.6 Å².